The topological polar surface area (TPSA) is 41.3 Å². The molecule has 2 rings (SSSR count). The molecule has 0 radical (unpaired) electrons. The summed E-state index contributed by atoms with van der Waals surface area (Å²) in [5.74, 6) is 0.473. The van der Waals surface area contributed by atoms with Crippen LogP contribution in [0.3, 0.4) is 0 Å². The lowest BCUT2D eigenvalue weighted by atomic mass is 9.95. The third-order valence-electron chi connectivity index (χ3n) is 3.10. The second-order valence-electron chi connectivity index (χ2n) is 4.41. The first-order valence-corrected chi connectivity index (χ1v) is 5.42. The summed E-state index contributed by atoms with van der Waals surface area (Å²) in [5, 5.41) is 3.32. The van der Waals surface area contributed by atoms with Gasteiger partial charge in [0.05, 0.1) is 0 Å². The van der Waals surface area contributed by atoms with Gasteiger partial charge < -0.3 is 16.0 Å². The van der Waals surface area contributed by atoms with Crippen LogP contribution in [-0.4, -0.2) is 33.2 Å². The summed E-state index contributed by atoms with van der Waals surface area (Å²) < 4.78 is 0. The van der Waals surface area contributed by atoms with Gasteiger partial charge in [0.15, 0.2) is 0 Å². The normalized spacial score (nSPS) is 25.5. The minimum atomic E-state index is 0.259. The second kappa shape index (κ2) is 4.21. The van der Waals surface area contributed by atoms with Crippen LogP contribution in [0.15, 0.2) is 24.3 Å². The molecule has 1 fully saturated rings. The quantitative estimate of drug-likeness (QED) is 0.749. The molecular weight excluding hydrogens is 186 g/mol. The van der Waals surface area contributed by atoms with E-state index in [0.29, 0.717) is 5.92 Å². The van der Waals surface area contributed by atoms with Crippen LogP contribution in [0.2, 0.25) is 0 Å². The Balaban J connectivity index is 2.16. The van der Waals surface area contributed by atoms with Crippen LogP contribution in [0.4, 0.5) is 5.69 Å². The fourth-order valence-corrected chi connectivity index (χ4v) is 2.08. The molecule has 1 aliphatic heterocycles. The lowest BCUT2D eigenvalue weighted by Gasteiger charge is -2.17. The molecule has 0 aliphatic carbocycles. The predicted octanol–water partition coefficient (Wildman–Crippen LogP) is 0.767. The maximum atomic E-state index is 6.04. The summed E-state index contributed by atoms with van der Waals surface area (Å²) in [4.78, 5) is 2.11. The maximum absolute atomic E-state index is 6.04. The molecular formula is C12H19N3. The van der Waals surface area contributed by atoms with Crippen LogP contribution in [0.5, 0.6) is 0 Å². The van der Waals surface area contributed by atoms with Gasteiger partial charge in [0.2, 0.25) is 0 Å². The van der Waals surface area contributed by atoms with E-state index in [4.69, 9.17) is 5.73 Å². The van der Waals surface area contributed by atoms with E-state index in [0.717, 1.165) is 13.1 Å². The average Bonchev–Trinajstić information content (AvgIpc) is 2.65. The smallest absolute Gasteiger partial charge is 0.0361 e. The molecule has 3 N–H and O–H groups in total. The first-order valence-electron chi connectivity index (χ1n) is 5.42. The summed E-state index contributed by atoms with van der Waals surface area (Å²) in [5.41, 5.74) is 8.62. The van der Waals surface area contributed by atoms with Crippen LogP contribution in [-0.2, 0) is 0 Å². The molecule has 1 aromatic rings. The lowest BCUT2D eigenvalue weighted by Crippen LogP contribution is -2.27. The number of nitrogens with zero attached hydrogens (tertiary/aromatic N) is 1. The third-order valence-corrected chi connectivity index (χ3v) is 3.10. The number of nitrogens with one attached hydrogen (secondary N) is 1. The lowest BCUT2D eigenvalue weighted by molar-refractivity contribution is 0.653. The van der Waals surface area contributed by atoms with Crippen LogP contribution < -0.4 is 16.0 Å². The van der Waals surface area contributed by atoms with Gasteiger partial charge in [-0.3, -0.25) is 0 Å². The Hall–Kier alpha value is -1.06. The van der Waals surface area contributed by atoms with Crippen LogP contribution in [0.25, 0.3) is 0 Å². The molecule has 1 aliphatic rings. The van der Waals surface area contributed by atoms with Crippen LogP contribution in [0.1, 0.15) is 11.5 Å². The van der Waals surface area contributed by atoms with Crippen molar-refractivity contribution in [3.63, 3.8) is 0 Å². The van der Waals surface area contributed by atoms with Crippen molar-refractivity contribution < 1.29 is 0 Å². The number of hydrogen-bond donors (Lipinski definition) is 2. The molecule has 0 amide bonds. The van der Waals surface area contributed by atoms with Crippen molar-refractivity contribution in [3.05, 3.63) is 29.8 Å². The van der Waals surface area contributed by atoms with Gasteiger partial charge >= 0.3 is 0 Å². The molecule has 0 aromatic heterocycles. The fourth-order valence-electron chi connectivity index (χ4n) is 2.08. The number of hydrogen-bond acceptors (Lipinski definition) is 3. The van der Waals surface area contributed by atoms with Gasteiger partial charge in [-0.2, -0.15) is 0 Å². The van der Waals surface area contributed by atoms with E-state index >= 15 is 0 Å². The zero-order valence-electron chi connectivity index (χ0n) is 9.40. The number of nitrogens with two attached hydrogens (primary N) is 1. The Bertz CT molecular complexity index is 318. The van der Waals surface area contributed by atoms with E-state index in [9.17, 15) is 0 Å². The van der Waals surface area contributed by atoms with E-state index in [1.165, 1.54) is 11.3 Å². The molecule has 1 aromatic carbocycles. The van der Waals surface area contributed by atoms with Crippen molar-refractivity contribution >= 4 is 5.69 Å². The maximum Gasteiger partial charge on any atom is 0.0361 e. The van der Waals surface area contributed by atoms with Crippen LogP contribution >= 0.6 is 0 Å². The Kier molecular flexibility index (Phi) is 2.93. The number of benzene rings is 1. The highest BCUT2D eigenvalue weighted by molar-refractivity contribution is 5.46. The second-order valence-corrected chi connectivity index (χ2v) is 4.41. The predicted molar refractivity (Wildman–Crippen MR) is 64.4 cm³/mol. The number of anilines is 1. The molecule has 0 saturated carbocycles. The molecule has 1 saturated heterocycles. The van der Waals surface area contributed by atoms with Gasteiger partial charge in [0.1, 0.15) is 0 Å². The average molecular weight is 205 g/mol. The molecule has 0 unspecified atom stereocenters. The Labute approximate surface area is 91.3 Å². The Morgan fingerprint density at radius 3 is 2.33 bits per heavy atom. The minimum Gasteiger partial charge on any atom is -0.378 e. The molecule has 3 heteroatoms. The summed E-state index contributed by atoms with van der Waals surface area (Å²) in [6.07, 6.45) is 0. The highest BCUT2D eigenvalue weighted by Crippen LogP contribution is 2.23. The van der Waals surface area contributed by atoms with Crippen molar-refractivity contribution in [1.29, 1.82) is 0 Å². The minimum absolute atomic E-state index is 0.259. The molecule has 0 bridgehead atoms. The van der Waals surface area contributed by atoms with Gasteiger partial charge in [-0.15, -0.1) is 0 Å². The van der Waals surface area contributed by atoms with E-state index in [-0.39, 0.29) is 6.04 Å². The monoisotopic (exact) mass is 205 g/mol. The first kappa shape index (κ1) is 10.5. The van der Waals surface area contributed by atoms with Gasteiger partial charge in [0, 0.05) is 44.8 Å². The van der Waals surface area contributed by atoms with Crippen molar-refractivity contribution in [1.82, 2.24) is 5.32 Å². The van der Waals surface area contributed by atoms with E-state index < -0.39 is 0 Å². The van der Waals surface area contributed by atoms with Crippen molar-refractivity contribution in [2.75, 3.05) is 32.1 Å². The highest BCUT2D eigenvalue weighted by Gasteiger charge is 2.24. The van der Waals surface area contributed by atoms with Gasteiger partial charge in [-0.25, -0.2) is 0 Å². The van der Waals surface area contributed by atoms with E-state index in [2.05, 4.69) is 48.6 Å². The summed E-state index contributed by atoms with van der Waals surface area (Å²) in [6, 6.07) is 8.94. The molecule has 15 heavy (non-hydrogen) atoms. The molecule has 3 nitrogen and oxygen atoms in total. The standard InChI is InChI=1S/C12H19N3/c1-15(2)10-5-3-9(4-6-10)11-7-14-8-12(11)13/h3-6,11-12,14H,7-8,13H2,1-2H3/t11-,12+/m1/s1. The third kappa shape index (κ3) is 2.13. The van der Waals surface area contributed by atoms with E-state index in [1.807, 2.05) is 0 Å². The first-order chi connectivity index (χ1) is 7.18. The van der Waals surface area contributed by atoms with Crippen molar-refractivity contribution in [2.45, 2.75) is 12.0 Å². The van der Waals surface area contributed by atoms with Gasteiger partial charge in [-0.05, 0) is 17.7 Å². The largest absolute Gasteiger partial charge is 0.378 e. The molecule has 82 valence electrons. The summed E-state index contributed by atoms with van der Waals surface area (Å²) >= 11 is 0. The fraction of sp³-hybridized carbons (Fsp3) is 0.500. The Morgan fingerprint density at radius 1 is 1.20 bits per heavy atom. The highest BCUT2D eigenvalue weighted by atomic mass is 15.1. The number of rotatable bonds is 2. The molecule has 2 atom stereocenters. The van der Waals surface area contributed by atoms with Crippen LogP contribution in [0, 0.1) is 0 Å². The van der Waals surface area contributed by atoms with Crippen molar-refractivity contribution in [3.8, 4) is 0 Å². The zero-order valence-corrected chi connectivity index (χ0v) is 9.40. The van der Waals surface area contributed by atoms with Gasteiger partial charge in [-0.1, -0.05) is 12.1 Å². The van der Waals surface area contributed by atoms with Crippen molar-refractivity contribution in [2.24, 2.45) is 5.73 Å². The Morgan fingerprint density at radius 2 is 1.87 bits per heavy atom. The summed E-state index contributed by atoms with van der Waals surface area (Å²) in [6.45, 7) is 1.93. The summed E-state index contributed by atoms with van der Waals surface area (Å²) in [7, 11) is 4.11. The van der Waals surface area contributed by atoms with E-state index in [1.54, 1.807) is 0 Å². The molecule has 1 heterocycles. The SMILES string of the molecule is CN(C)c1ccc([C@H]2CNC[C@@H]2N)cc1. The zero-order chi connectivity index (χ0) is 10.8. The van der Waals surface area contributed by atoms with Gasteiger partial charge in [0.25, 0.3) is 0 Å². The molecule has 0 spiro atoms.